The van der Waals surface area contributed by atoms with Gasteiger partial charge in [-0.1, -0.05) is 49.4 Å². The summed E-state index contributed by atoms with van der Waals surface area (Å²) in [5.41, 5.74) is 2.82. The van der Waals surface area contributed by atoms with Crippen LogP contribution in [0.1, 0.15) is 49.3 Å². The molecule has 1 aliphatic heterocycles. The fraction of sp³-hybridized carbons (Fsp3) is 0.346. The molecule has 7 nitrogen and oxygen atoms in total. The van der Waals surface area contributed by atoms with Crippen LogP contribution in [0.3, 0.4) is 0 Å². The number of aromatic nitrogens is 2. The number of rotatable bonds is 8. The number of amides is 1. The Morgan fingerprint density at radius 3 is 2.42 bits per heavy atom. The Balaban J connectivity index is 1.37. The second-order valence-electron chi connectivity index (χ2n) is 8.60. The lowest BCUT2D eigenvalue weighted by Crippen LogP contribution is -2.47. The zero-order valence-electron chi connectivity index (χ0n) is 18.6. The highest BCUT2D eigenvalue weighted by Gasteiger charge is 2.38. The topological polar surface area (TPSA) is 95.7 Å². The number of aliphatic hydroxyl groups is 2. The Labute approximate surface area is 193 Å². The van der Waals surface area contributed by atoms with Gasteiger partial charge in [-0.2, -0.15) is 5.10 Å². The number of ketones is 1. The maximum atomic E-state index is 12.9. The standard InChI is InChI=1S/C26H29N3O4/c1-18(19-10-12-21(13-11-19)29-16-6-14-27-29)17-23(30)24(31)25(32)26(33)28-15-5-9-22(28)20-7-3-2-4-8-20/h2-4,6-8,10-14,16,18,22,24-25,31-32H,5,9,15,17H2,1H3/t18-,22-,24+,25-/m1/s1. The SMILES string of the molecule is C[C@H](CC(=O)[C@H](O)[C@@H](O)C(=O)N1CCC[C@@H]1c1ccccc1)c1ccc(-n2cccn2)cc1. The molecule has 1 fully saturated rings. The normalized spacial score (nSPS) is 18.6. The second-order valence-corrected chi connectivity index (χ2v) is 8.60. The maximum Gasteiger partial charge on any atom is 0.255 e. The van der Waals surface area contributed by atoms with Crippen molar-refractivity contribution >= 4 is 11.7 Å². The molecule has 33 heavy (non-hydrogen) atoms. The molecular weight excluding hydrogens is 418 g/mol. The number of benzene rings is 2. The first-order valence-corrected chi connectivity index (χ1v) is 11.3. The molecule has 2 heterocycles. The van der Waals surface area contributed by atoms with Crippen molar-refractivity contribution in [1.82, 2.24) is 14.7 Å². The van der Waals surface area contributed by atoms with Crippen LogP contribution < -0.4 is 0 Å². The third-order valence-corrected chi connectivity index (χ3v) is 6.34. The number of likely N-dealkylation sites (tertiary alicyclic amines) is 1. The summed E-state index contributed by atoms with van der Waals surface area (Å²) < 4.78 is 1.74. The van der Waals surface area contributed by atoms with Crippen LogP contribution in [0.2, 0.25) is 0 Å². The van der Waals surface area contributed by atoms with E-state index in [4.69, 9.17) is 0 Å². The van der Waals surface area contributed by atoms with Gasteiger partial charge in [-0.3, -0.25) is 9.59 Å². The van der Waals surface area contributed by atoms with Gasteiger partial charge in [0.05, 0.1) is 11.7 Å². The second kappa shape index (κ2) is 10.1. The minimum absolute atomic E-state index is 0.0226. The van der Waals surface area contributed by atoms with E-state index in [9.17, 15) is 19.8 Å². The highest BCUT2D eigenvalue weighted by atomic mass is 16.3. The van der Waals surface area contributed by atoms with Crippen LogP contribution in [0.4, 0.5) is 0 Å². The van der Waals surface area contributed by atoms with Gasteiger partial charge >= 0.3 is 0 Å². The summed E-state index contributed by atoms with van der Waals surface area (Å²) in [5.74, 6) is -1.32. The van der Waals surface area contributed by atoms with Gasteiger partial charge in [0.2, 0.25) is 0 Å². The van der Waals surface area contributed by atoms with E-state index in [1.165, 1.54) is 0 Å². The van der Waals surface area contributed by atoms with Gasteiger partial charge in [-0.05, 0) is 48.1 Å². The lowest BCUT2D eigenvalue weighted by atomic mass is 9.92. The molecule has 0 spiro atoms. The van der Waals surface area contributed by atoms with Crippen LogP contribution in [-0.4, -0.2) is 55.3 Å². The molecule has 0 aliphatic carbocycles. The molecule has 0 bridgehead atoms. The predicted octanol–water partition coefficient (Wildman–Crippen LogP) is 3.02. The number of Topliss-reactive ketones (excluding diaryl/α,β-unsaturated/α-hetero) is 1. The van der Waals surface area contributed by atoms with Crippen molar-refractivity contribution in [3.8, 4) is 5.69 Å². The van der Waals surface area contributed by atoms with Crippen molar-refractivity contribution in [3.63, 3.8) is 0 Å². The Bertz CT molecular complexity index is 1070. The Hall–Kier alpha value is -3.29. The molecule has 4 atom stereocenters. The molecule has 1 amide bonds. The van der Waals surface area contributed by atoms with E-state index >= 15 is 0 Å². The van der Waals surface area contributed by atoms with E-state index in [0.29, 0.717) is 6.54 Å². The smallest absolute Gasteiger partial charge is 0.255 e. The Morgan fingerprint density at radius 2 is 1.76 bits per heavy atom. The maximum absolute atomic E-state index is 12.9. The fourth-order valence-electron chi connectivity index (χ4n) is 4.45. The monoisotopic (exact) mass is 447 g/mol. The summed E-state index contributed by atoms with van der Waals surface area (Å²) in [6, 6.07) is 19.0. The van der Waals surface area contributed by atoms with Crippen LogP contribution in [0.15, 0.2) is 73.1 Å². The summed E-state index contributed by atoms with van der Waals surface area (Å²) in [6.45, 7) is 2.38. The van der Waals surface area contributed by atoms with Crippen molar-refractivity contribution in [2.45, 2.75) is 50.4 Å². The van der Waals surface area contributed by atoms with Crippen LogP contribution >= 0.6 is 0 Å². The first-order valence-electron chi connectivity index (χ1n) is 11.3. The number of carbonyl (C=O) groups excluding carboxylic acids is 2. The summed E-state index contributed by atoms with van der Waals surface area (Å²) in [4.78, 5) is 27.2. The van der Waals surface area contributed by atoms with Gasteiger partial charge in [-0.25, -0.2) is 4.68 Å². The molecule has 2 aromatic carbocycles. The van der Waals surface area contributed by atoms with E-state index in [1.807, 2.05) is 73.8 Å². The summed E-state index contributed by atoms with van der Waals surface area (Å²) in [5, 5.41) is 25.2. The molecule has 172 valence electrons. The summed E-state index contributed by atoms with van der Waals surface area (Å²) >= 11 is 0. The third kappa shape index (κ3) is 5.05. The number of carbonyl (C=O) groups is 2. The van der Waals surface area contributed by atoms with Crippen molar-refractivity contribution in [1.29, 1.82) is 0 Å². The van der Waals surface area contributed by atoms with E-state index < -0.39 is 23.9 Å². The van der Waals surface area contributed by atoms with E-state index in [1.54, 1.807) is 15.8 Å². The molecule has 7 heteroatoms. The average Bonchev–Trinajstić information content (AvgIpc) is 3.56. The number of nitrogens with zero attached hydrogens (tertiary/aromatic N) is 3. The number of hydrogen-bond acceptors (Lipinski definition) is 5. The zero-order valence-corrected chi connectivity index (χ0v) is 18.6. The number of hydrogen-bond donors (Lipinski definition) is 2. The number of aliphatic hydroxyl groups excluding tert-OH is 2. The van der Waals surface area contributed by atoms with Gasteiger partial charge in [0.15, 0.2) is 11.9 Å². The highest BCUT2D eigenvalue weighted by Crippen LogP contribution is 2.32. The van der Waals surface area contributed by atoms with E-state index in [0.717, 1.165) is 29.7 Å². The predicted molar refractivity (Wildman–Crippen MR) is 124 cm³/mol. The van der Waals surface area contributed by atoms with Crippen LogP contribution in [0.5, 0.6) is 0 Å². The van der Waals surface area contributed by atoms with E-state index in [2.05, 4.69) is 5.10 Å². The lowest BCUT2D eigenvalue weighted by molar-refractivity contribution is -0.153. The van der Waals surface area contributed by atoms with Crippen molar-refractivity contribution in [2.24, 2.45) is 0 Å². The molecule has 2 N–H and O–H groups in total. The van der Waals surface area contributed by atoms with Crippen molar-refractivity contribution in [2.75, 3.05) is 6.54 Å². The summed E-state index contributed by atoms with van der Waals surface area (Å²) in [6.07, 6.45) is 1.66. The van der Waals surface area contributed by atoms with Gasteiger partial charge < -0.3 is 15.1 Å². The van der Waals surface area contributed by atoms with Gasteiger partial charge in [0.1, 0.15) is 6.10 Å². The molecule has 1 aromatic heterocycles. The first-order chi connectivity index (χ1) is 16.0. The largest absolute Gasteiger partial charge is 0.382 e. The molecular formula is C26H29N3O4. The molecule has 1 aliphatic rings. The zero-order chi connectivity index (χ0) is 23.4. The van der Waals surface area contributed by atoms with Crippen LogP contribution in [0, 0.1) is 0 Å². The van der Waals surface area contributed by atoms with Crippen molar-refractivity contribution < 1.29 is 19.8 Å². The third-order valence-electron chi connectivity index (χ3n) is 6.34. The molecule has 0 saturated carbocycles. The molecule has 1 saturated heterocycles. The molecule has 0 radical (unpaired) electrons. The van der Waals surface area contributed by atoms with Crippen molar-refractivity contribution in [3.05, 3.63) is 84.2 Å². The Morgan fingerprint density at radius 1 is 1.03 bits per heavy atom. The fourth-order valence-corrected chi connectivity index (χ4v) is 4.45. The van der Waals surface area contributed by atoms with Gasteiger partial charge in [-0.15, -0.1) is 0 Å². The van der Waals surface area contributed by atoms with Gasteiger partial charge in [0.25, 0.3) is 5.91 Å². The first kappa shape index (κ1) is 22.9. The average molecular weight is 448 g/mol. The van der Waals surface area contributed by atoms with Crippen LogP contribution in [0.25, 0.3) is 5.69 Å². The lowest BCUT2D eigenvalue weighted by Gasteiger charge is -2.29. The molecule has 0 unspecified atom stereocenters. The Kier molecular flexibility index (Phi) is 7.01. The molecule has 4 rings (SSSR count). The quantitative estimate of drug-likeness (QED) is 0.553. The minimum atomic E-state index is -1.77. The highest BCUT2D eigenvalue weighted by molar-refractivity contribution is 5.92. The van der Waals surface area contributed by atoms with Crippen LogP contribution in [-0.2, 0) is 9.59 Å². The van der Waals surface area contributed by atoms with Gasteiger partial charge in [0, 0.05) is 25.4 Å². The minimum Gasteiger partial charge on any atom is -0.382 e. The molecule has 3 aromatic rings. The summed E-state index contributed by atoms with van der Waals surface area (Å²) in [7, 11) is 0. The van der Waals surface area contributed by atoms with E-state index in [-0.39, 0.29) is 18.4 Å².